The van der Waals surface area contributed by atoms with Gasteiger partial charge in [-0.1, -0.05) is 18.2 Å². The molecule has 1 amide bonds. The Bertz CT molecular complexity index is 673. The average Bonchev–Trinajstić information content (AvgIpc) is 2.69. The average molecular weight is 533 g/mol. The molecule has 8 nitrogen and oxygen atoms in total. The number of morpholine rings is 1. The van der Waals surface area contributed by atoms with Crippen molar-refractivity contribution < 1.29 is 14.3 Å². The molecular weight excluding hydrogens is 497 g/mol. The molecule has 0 saturated carbocycles. The number of hydrogen-bond acceptors (Lipinski definition) is 5. The number of benzene rings is 1. The highest BCUT2D eigenvalue weighted by atomic mass is 127. The van der Waals surface area contributed by atoms with Crippen LogP contribution in [0.25, 0.3) is 0 Å². The molecule has 1 fully saturated rings. The summed E-state index contributed by atoms with van der Waals surface area (Å²) < 4.78 is 10.7. The summed E-state index contributed by atoms with van der Waals surface area (Å²) in [5.74, 6) is 0.735. The summed E-state index contributed by atoms with van der Waals surface area (Å²) in [7, 11) is 1.75. The van der Waals surface area contributed by atoms with E-state index in [-0.39, 0.29) is 30.1 Å². The molecule has 0 bridgehead atoms. The zero-order valence-corrected chi connectivity index (χ0v) is 20.8. The number of halogens is 1. The first-order valence-corrected chi connectivity index (χ1v) is 10.2. The third-order valence-corrected chi connectivity index (χ3v) is 4.33. The van der Waals surface area contributed by atoms with Crippen LogP contribution in [0.4, 0.5) is 10.5 Å². The molecule has 1 aliphatic heterocycles. The number of ether oxygens (including phenoxy) is 2. The van der Waals surface area contributed by atoms with E-state index in [0.29, 0.717) is 19.6 Å². The second-order valence-electron chi connectivity index (χ2n) is 7.86. The minimum absolute atomic E-state index is 0. The van der Waals surface area contributed by atoms with E-state index in [1.54, 1.807) is 7.05 Å². The number of hydrogen-bond donors (Lipinski definition) is 3. The summed E-state index contributed by atoms with van der Waals surface area (Å²) in [6, 6.07) is 8.41. The molecule has 0 aliphatic carbocycles. The quantitative estimate of drug-likeness (QED) is 0.216. The van der Waals surface area contributed by atoms with Crippen LogP contribution in [0.15, 0.2) is 29.3 Å². The number of anilines is 1. The van der Waals surface area contributed by atoms with E-state index in [2.05, 4.69) is 50.1 Å². The molecule has 1 aromatic rings. The molecule has 1 saturated heterocycles. The number of nitrogens with one attached hydrogen (secondary N) is 3. The molecule has 0 radical (unpaired) electrons. The summed E-state index contributed by atoms with van der Waals surface area (Å²) in [5, 5.41) is 9.39. The van der Waals surface area contributed by atoms with Gasteiger partial charge in [0.2, 0.25) is 0 Å². The molecule has 0 unspecified atom stereocenters. The molecule has 1 aliphatic rings. The van der Waals surface area contributed by atoms with Gasteiger partial charge in [0.1, 0.15) is 5.60 Å². The summed E-state index contributed by atoms with van der Waals surface area (Å²) in [4.78, 5) is 18.3. The predicted molar refractivity (Wildman–Crippen MR) is 132 cm³/mol. The van der Waals surface area contributed by atoms with Crippen LogP contribution in [-0.4, -0.2) is 64.1 Å². The summed E-state index contributed by atoms with van der Waals surface area (Å²) >= 11 is 0. The minimum atomic E-state index is -0.480. The van der Waals surface area contributed by atoms with Gasteiger partial charge in [-0.25, -0.2) is 4.79 Å². The zero-order valence-electron chi connectivity index (χ0n) is 18.5. The highest BCUT2D eigenvalue weighted by molar-refractivity contribution is 14.0. The monoisotopic (exact) mass is 533 g/mol. The van der Waals surface area contributed by atoms with Crippen LogP contribution < -0.4 is 20.9 Å². The van der Waals surface area contributed by atoms with Crippen LogP contribution in [0, 0.1) is 0 Å². The molecule has 170 valence electrons. The van der Waals surface area contributed by atoms with Crippen LogP contribution >= 0.6 is 24.0 Å². The first-order valence-electron chi connectivity index (χ1n) is 10.2. The van der Waals surface area contributed by atoms with Crippen molar-refractivity contribution >= 4 is 41.7 Å². The number of amides is 1. The zero-order chi connectivity index (χ0) is 21.1. The molecule has 9 heteroatoms. The van der Waals surface area contributed by atoms with E-state index in [1.807, 2.05) is 20.8 Å². The molecule has 0 atom stereocenters. The van der Waals surface area contributed by atoms with E-state index >= 15 is 0 Å². The summed E-state index contributed by atoms with van der Waals surface area (Å²) in [6.07, 6.45) is 0.379. The summed E-state index contributed by atoms with van der Waals surface area (Å²) in [5.41, 5.74) is 1.98. The predicted octanol–water partition coefficient (Wildman–Crippen LogP) is 2.72. The standard InChI is InChI=1S/C21H35N5O3.HI/c1-21(2,3)29-20(27)24-11-7-10-23-19(22-4)25-16-17-8-5-6-9-18(17)26-12-14-28-15-13-26;/h5-6,8-9H,7,10-16H2,1-4H3,(H,24,27)(H2,22,23,25);1H. The highest BCUT2D eigenvalue weighted by Gasteiger charge is 2.16. The van der Waals surface area contributed by atoms with E-state index in [0.717, 1.165) is 38.7 Å². The second kappa shape index (κ2) is 13.5. The normalized spacial score (nSPS) is 14.5. The first-order chi connectivity index (χ1) is 13.9. The smallest absolute Gasteiger partial charge is 0.407 e. The number of carbonyl (C=O) groups is 1. The Morgan fingerprint density at radius 3 is 2.47 bits per heavy atom. The van der Waals surface area contributed by atoms with E-state index in [9.17, 15) is 4.79 Å². The van der Waals surface area contributed by atoms with Gasteiger partial charge in [-0.15, -0.1) is 24.0 Å². The van der Waals surface area contributed by atoms with Gasteiger partial charge < -0.3 is 30.3 Å². The van der Waals surface area contributed by atoms with Crippen molar-refractivity contribution in [2.24, 2.45) is 4.99 Å². The molecule has 0 spiro atoms. The molecule has 3 N–H and O–H groups in total. The lowest BCUT2D eigenvalue weighted by Gasteiger charge is -2.30. The molecule has 1 aromatic carbocycles. The third kappa shape index (κ3) is 9.84. The van der Waals surface area contributed by atoms with Crippen LogP contribution in [-0.2, 0) is 16.0 Å². The number of rotatable bonds is 7. The van der Waals surface area contributed by atoms with Gasteiger partial charge >= 0.3 is 6.09 Å². The van der Waals surface area contributed by atoms with Crippen molar-refractivity contribution in [3.05, 3.63) is 29.8 Å². The lowest BCUT2D eigenvalue weighted by atomic mass is 10.1. The van der Waals surface area contributed by atoms with E-state index in [4.69, 9.17) is 9.47 Å². The Hall–Kier alpha value is -1.75. The number of guanidine groups is 1. The maximum absolute atomic E-state index is 11.6. The van der Waals surface area contributed by atoms with Gasteiger partial charge in [0.05, 0.1) is 13.2 Å². The van der Waals surface area contributed by atoms with Gasteiger partial charge in [0.15, 0.2) is 5.96 Å². The van der Waals surface area contributed by atoms with Gasteiger partial charge in [0, 0.05) is 45.5 Å². The van der Waals surface area contributed by atoms with Crippen molar-refractivity contribution in [1.29, 1.82) is 0 Å². The van der Waals surface area contributed by atoms with Crippen molar-refractivity contribution in [3.63, 3.8) is 0 Å². The van der Waals surface area contributed by atoms with Gasteiger partial charge in [0.25, 0.3) is 0 Å². The fourth-order valence-corrected chi connectivity index (χ4v) is 2.97. The highest BCUT2D eigenvalue weighted by Crippen LogP contribution is 2.21. The number of carbonyl (C=O) groups excluding carboxylic acids is 1. The van der Waals surface area contributed by atoms with Gasteiger partial charge in [-0.3, -0.25) is 4.99 Å². The van der Waals surface area contributed by atoms with E-state index < -0.39 is 5.60 Å². The van der Waals surface area contributed by atoms with Crippen LogP contribution in [0.2, 0.25) is 0 Å². The third-order valence-electron chi connectivity index (χ3n) is 4.33. The van der Waals surface area contributed by atoms with Crippen LogP contribution in [0.3, 0.4) is 0 Å². The molecule has 30 heavy (non-hydrogen) atoms. The van der Waals surface area contributed by atoms with Crippen LogP contribution in [0.1, 0.15) is 32.8 Å². The first kappa shape index (κ1) is 26.3. The summed E-state index contributed by atoms with van der Waals surface area (Å²) in [6.45, 7) is 10.8. The van der Waals surface area contributed by atoms with Crippen molar-refractivity contribution in [2.75, 3.05) is 51.3 Å². The minimum Gasteiger partial charge on any atom is -0.444 e. The number of aliphatic imine (C=N–C) groups is 1. The fraction of sp³-hybridized carbons (Fsp3) is 0.619. The topological polar surface area (TPSA) is 87.2 Å². The van der Waals surface area contributed by atoms with Crippen molar-refractivity contribution in [1.82, 2.24) is 16.0 Å². The largest absolute Gasteiger partial charge is 0.444 e. The van der Waals surface area contributed by atoms with E-state index in [1.165, 1.54) is 11.3 Å². The Balaban J connectivity index is 0.00000450. The van der Waals surface area contributed by atoms with Crippen LogP contribution in [0.5, 0.6) is 0 Å². The number of para-hydroxylation sites is 1. The Labute approximate surface area is 197 Å². The van der Waals surface area contributed by atoms with Gasteiger partial charge in [-0.05, 0) is 38.8 Å². The molecule has 2 rings (SSSR count). The second-order valence-corrected chi connectivity index (χ2v) is 7.86. The van der Waals surface area contributed by atoms with Crippen molar-refractivity contribution in [3.8, 4) is 0 Å². The molecular formula is C21H36IN5O3. The SMILES string of the molecule is CN=C(NCCCNC(=O)OC(C)(C)C)NCc1ccccc1N1CCOCC1.I. The number of nitrogens with zero attached hydrogens (tertiary/aromatic N) is 2. The maximum atomic E-state index is 11.6. The Morgan fingerprint density at radius 2 is 1.80 bits per heavy atom. The number of alkyl carbamates (subject to hydrolysis) is 1. The molecule has 1 heterocycles. The molecule has 0 aromatic heterocycles. The lowest BCUT2D eigenvalue weighted by Crippen LogP contribution is -2.40. The van der Waals surface area contributed by atoms with Crippen molar-refractivity contribution in [2.45, 2.75) is 39.3 Å². The Morgan fingerprint density at radius 1 is 1.13 bits per heavy atom. The fourth-order valence-electron chi connectivity index (χ4n) is 2.97. The Kier molecular flexibility index (Phi) is 11.9. The lowest BCUT2D eigenvalue weighted by molar-refractivity contribution is 0.0527. The van der Waals surface area contributed by atoms with Gasteiger partial charge in [-0.2, -0.15) is 0 Å². The maximum Gasteiger partial charge on any atom is 0.407 e.